The highest BCUT2D eigenvalue weighted by atomic mass is 32.1. The van der Waals surface area contributed by atoms with E-state index < -0.39 is 12.0 Å². The topological polar surface area (TPSA) is 107 Å². The Morgan fingerprint density at radius 3 is 2.71 bits per heavy atom. The van der Waals surface area contributed by atoms with E-state index >= 15 is 0 Å². The van der Waals surface area contributed by atoms with Crippen LogP contribution in [0.3, 0.4) is 0 Å². The van der Waals surface area contributed by atoms with Crippen LogP contribution >= 0.6 is 11.3 Å². The fraction of sp³-hybridized carbons (Fsp3) is 0.172. The van der Waals surface area contributed by atoms with E-state index in [1.54, 1.807) is 57.4 Å². The largest absolute Gasteiger partial charge is 0.496 e. The first-order valence-corrected chi connectivity index (χ1v) is 12.7. The lowest BCUT2D eigenvalue weighted by Crippen LogP contribution is -2.40. The van der Waals surface area contributed by atoms with Crippen LogP contribution in [0.25, 0.3) is 17.4 Å². The highest BCUT2D eigenvalue weighted by Gasteiger charge is 2.35. The molecule has 38 heavy (non-hydrogen) atoms. The van der Waals surface area contributed by atoms with Gasteiger partial charge in [0.1, 0.15) is 23.3 Å². The fourth-order valence-corrected chi connectivity index (χ4v) is 5.50. The maximum absolute atomic E-state index is 13.8. The van der Waals surface area contributed by atoms with Crippen molar-refractivity contribution < 1.29 is 18.7 Å². The van der Waals surface area contributed by atoms with Gasteiger partial charge in [-0.05, 0) is 44.2 Å². The molecular formula is C29H23N3O5S. The minimum absolute atomic E-state index is 0.189. The van der Waals surface area contributed by atoms with Crippen molar-refractivity contribution in [3.63, 3.8) is 0 Å². The molecule has 190 valence electrons. The van der Waals surface area contributed by atoms with Crippen molar-refractivity contribution in [2.45, 2.75) is 19.9 Å². The summed E-state index contributed by atoms with van der Waals surface area (Å²) in [5, 5.41) is 9.43. The lowest BCUT2D eigenvalue weighted by atomic mass is 9.95. The minimum Gasteiger partial charge on any atom is -0.496 e. The molecule has 9 heteroatoms. The van der Waals surface area contributed by atoms with Gasteiger partial charge >= 0.3 is 5.97 Å². The molecule has 8 nitrogen and oxygen atoms in total. The Hall–Kier alpha value is -4.68. The highest BCUT2D eigenvalue weighted by molar-refractivity contribution is 7.07. The summed E-state index contributed by atoms with van der Waals surface area (Å²) in [6.45, 7) is 3.65. The number of hydrogen-bond donors (Lipinski definition) is 0. The first kappa shape index (κ1) is 25.0. The summed E-state index contributed by atoms with van der Waals surface area (Å²) in [6, 6.07) is 19.3. The summed E-state index contributed by atoms with van der Waals surface area (Å²) in [5.74, 6) is 0.975. The van der Waals surface area contributed by atoms with Gasteiger partial charge < -0.3 is 13.9 Å². The number of benzene rings is 2. The second-order valence-electron chi connectivity index (χ2n) is 8.40. The molecule has 0 bridgehead atoms. The van der Waals surface area contributed by atoms with Crippen LogP contribution in [0.2, 0.25) is 0 Å². The van der Waals surface area contributed by atoms with Crippen LogP contribution in [-0.2, 0) is 9.53 Å². The molecule has 0 saturated carbocycles. The van der Waals surface area contributed by atoms with E-state index in [4.69, 9.17) is 13.9 Å². The normalized spacial score (nSPS) is 15.0. The number of furan rings is 1. The zero-order valence-corrected chi connectivity index (χ0v) is 21.7. The number of hydrogen-bond acceptors (Lipinski definition) is 8. The molecule has 0 spiro atoms. The van der Waals surface area contributed by atoms with Gasteiger partial charge in [-0.3, -0.25) is 9.36 Å². The number of esters is 1. The Morgan fingerprint density at radius 2 is 1.95 bits per heavy atom. The predicted octanol–water partition coefficient (Wildman–Crippen LogP) is 3.94. The first-order valence-electron chi connectivity index (χ1n) is 11.9. The van der Waals surface area contributed by atoms with Crippen molar-refractivity contribution in [2.24, 2.45) is 4.99 Å². The van der Waals surface area contributed by atoms with E-state index in [-0.39, 0.29) is 17.7 Å². The maximum Gasteiger partial charge on any atom is 0.338 e. The van der Waals surface area contributed by atoms with E-state index in [0.717, 1.165) is 0 Å². The van der Waals surface area contributed by atoms with Gasteiger partial charge in [-0.15, -0.1) is 0 Å². The average Bonchev–Trinajstić information content (AvgIpc) is 3.52. The Bertz CT molecular complexity index is 1800. The van der Waals surface area contributed by atoms with Crippen LogP contribution in [0, 0.1) is 11.3 Å². The van der Waals surface area contributed by atoms with E-state index in [1.807, 2.05) is 30.3 Å². The first-order chi connectivity index (χ1) is 18.5. The van der Waals surface area contributed by atoms with E-state index in [1.165, 1.54) is 15.9 Å². The van der Waals surface area contributed by atoms with E-state index in [9.17, 15) is 14.9 Å². The van der Waals surface area contributed by atoms with Gasteiger partial charge in [-0.25, -0.2) is 9.79 Å². The SMILES string of the molecule is CCOC(=O)C1=C(C)N=c2s/c(=C/c3ccc(-c4ccccc4C#N)o3)c(=O)n2[C@@H]1c1ccccc1OC. The van der Waals surface area contributed by atoms with Gasteiger partial charge in [-0.1, -0.05) is 41.7 Å². The molecule has 0 N–H and O–H groups in total. The third kappa shape index (κ3) is 4.35. The summed E-state index contributed by atoms with van der Waals surface area (Å²) < 4.78 is 18.8. The van der Waals surface area contributed by atoms with Crippen molar-refractivity contribution in [2.75, 3.05) is 13.7 Å². The van der Waals surface area contributed by atoms with Gasteiger partial charge in [0.15, 0.2) is 4.80 Å². The standard InChI is InChI=1S/C29H23N3O5S/c1-4-36-28(34)25-17(2)31-29-32(26(25)21-11-7-8-12-22(21)35-3)27(33)24(38-29)15-19-13-14-23(37-19)20-10-6-5-9-18(20)16-30/h5-15,26H,4H2,1-3H3/b24-15+/t26-/m1/s1. The third-order valence-electron chi connectivity index (χ3n) is 6.16. The van der Waals surface area contributed by atoms with Crippen LogP contribution in [0.1, 0.15) is 36.8 Å². The molecule has 0 fully saturated rings. The zero-order chi connectivity index (χ0) is 26.8. The van der Waals surface area contributed by atoms with E-state index in [0.29, 0.717) is 49.0 Å². The third-order valence-corrected chi connectivity index (χ3v) is 7.15. The molecule has 0 saturated heterocycles. The van der Waals surface area contributed by atoms with Gasteiger partial charge in [0.25, 0.3) is 5.56 Å². The van der Waals surface area contributed by atoms with Crippen molar-refractivity contribution >= 4 is 23.4 Å². The molecule has 0 amide bonds. The number of nitriles is 1. The molecule has 0 radical (unpaired) electrons. The van der Waals surface area contributed by atoms with Crippen molar-refractivity contribution in [1.29, 1.82) is 5.26 Å². The Balaban J connectivity index is 1.67. The molecule has 5 rings (SSSR count). The maximum atomic E-state index is 13.8. The van der Waals surface area contributed by atoms with E-state index in [2.05, 4.69) is 11.1 Å². The summed E-state index contributed by atoms with van der Waals surface area (Å²) in [4.78, 5) is 31.9. The molecule has 0 unspecified atom stereocenters. The van der Waals surface area contributed by atoms with Gasteiger partial charge in [0, 0.05) is 17.2 Å². The van der Waals surface area contributed by atoms with Gasteiger partial charge in [0.05, 0.1) is 41.2 Å². The van der Waals surface area contributed by atoms with Crippen molar-refractivity contribution in [3.05, 3.63) is 109 Å². The number of nitrogens with zero attached hydrogens (tertiary/aromatic N) is 3. The molecule has 4 aromatic rings. The number of para-hydroxylation sites is 1. The van der Waals surface area contributed by atoms with Gasteiger partial charge in [-0.2, -0.15) is 5.26 Å². The molecule has 3 heterocycles. The molecule has 0 aliphatic carbocycles. The van der Waals surface area contributed by atoms with Crippen LogP contribution in [-0.4, -0.2) is 24.3 Å². The number of ether oxygens (including phenoxy) is 2. The summed E-state index contributed by atoms with van der Waals surface area (Å²) >= 11 is 1.20. The number of thiazole rings is 1. The molecule has 2 aromatic heterocycles. The number of carbonyl (C=O) groups is 1. The Labute approximate surface area is 222 Å². The Morgan fingerprint density at radius 1 is 1.18 bits per heavy atom. The molecule has 1 aliphatic heterocycles. The molecule has 1 aliphatic rings. The number of rotatable bonds is 6. The number of allylic oxidation sites excluding steroid dienone is 1. The lowest BCUT2D eigenvalue weighted by molar-refractivity contribution is -0.139. The molecule has 1 atom stereocenters. The average molecular weight is 526 g/mol. The lowest BCUT2D eigenvalue weighted by Gasteiger charge is -2.25. The van der Waals surface area contributed by atoms with Crippen LogP contribution in [0.15, 0.2) is 86.1 Å². The van der Waals surface area contributed by atoms with Crippen LogP contribution in [0.4, 0.5) is 0 Å². The molecular weight excluding hydrogens is 502 g/mol. The number of carbonyl (C=O) groups excluding carboxylic acids is 1. The second-order valence-corrected chi connectivity index (χ2v) is 9.41. The number of methoxy groups -OCH3 is 1. The number of aromatic nitrogens is 1. The number of fused-ring (bicyclic) bond motifs is 1. The quantitative estimate of drug-likeness (QED) is 0.353. The van der Waals surface area contributed by atoms with Crippen molar-refractivity contribution in [1.82, 2.24) is 4.57 Å². The van der Waals surface area contributed by atoms with Crippen LogP contribution in [0.5, 0.6) is 5.75 Å². The minimum atomic E-state index is -0.779. The zero-order valence-electron chi connectivity index (χ0n) is 20.9. The van der Waals surface area contributed by atoms with Gasteiger partial charge in [0.2, 0.25) is 0 Å². The Kier molecular flexibility index (Phi) is 6.81. The summed E-state index contributed by atoms with van der Waals surface area (Å²) in [5.41, 5.74) is 2.24. The van der Waals surface area contributed by atoms with Crippen molar-refractivity contribution in [3.8, 4) is 23.1 Å². The highest BCUT2D eigenvalue weighted by Crippen LogP contribution is 2.35. The van der Waals surface area contributed by atoms with Crippen LogP contribution < -0.4 is 19.6 Å². The monoisotopic (exact) mass is 525 g/mol. The fourth-order valence-electron chi connectivity index (χ4n) is 4.48. The summed E-state index contributed by atoms with van der Waals surface area (Å²) in [6.07, 6.45) is 1.64. The predicted molar refractivity (Wildman–Crippen MR) is 142 cm³/mol. The second kappa shape index (κ2) is 10.4. The molecule has 2 aromatic carbocycles. The summed E-state index contributed by atoms with van der Waals surface area (Å²) in [7, 11) is 1.54. The smallest absolute Gasteiger partial charge is 0.338 e.